The lowest BCUT2D eigenvalue weighted by atomic mass is 10.2. The molecule has 2 aromatic rings. The van der Waals surface area contributed by atoms with E-state index in [0.717, 1.165) is 5.56 Å². The predicted molar refractivity (Wildman–Crippen MR) is 59.8 cm³/mol. The highest BCUT2D eigenvalue weighted by Crippen LogP contribution is 2.04. The van der Waals surface area contributed by atoms with E-state index in [0.29, 0.717) is 5.01 Å². The lowest BCUT2D eigenvalue weighted by Crippen LogP contribution is -1.92. The molecule has 2 rings (SSSR count). The number of aromatic nitrogens is 1. The van der Waals surface area contributed by atoms with Crippen molar-refractivity contribution in [2.75, 3.05) is 0 Å². The van der Waals surface area contributed by atoms with Gasteiger partial charge in [0.2, 0.25) is 0 Å². The number of benzene rings is 1. The lowest BCUT2D eigenvalue weighted by molar-refractivity contribution is 0.105. The van der Waals surface area contributed by atoms with Crippen LogP contribution >= 0.6 is 11.3 Å². The molecule has 1 aromatic carbocycles. The van der Waals surface area contributed by atoms with Crippen molar-refractivity contribution in [3.8, 4) is 11.8 Å². The second kappa shape index (κ2) is 4.54. The van der Waals surface area contributed by atoms with Crippen LogP contribution in [0.15, 0.2) is 41.9 Å². The summed E-state index contributed by atoms with van der Waals surface area (Å²) in [5, 5.41) is 2.20. The first kappa shape index (κ1) is 9.63. The Kier molecular flexibility index (Phi) is 2.91. The Morgan fingerprint density at radius 1 is 1.27 bits per heavy atom. The quantitative estimate of drug-likeness (QED) is 0.537. The molecule has 2 nitrogen and oxygen atoms in total. The zero-order chi connectivity index (χ0) is 10.5. The molecule has 0 spiro atoms. The molecule has 0 aliphatic rings. The molecule has 72 valence electrons. The van der Waals surface area contributed by atoms with Gasteiger partial charge in [-0.05, 0) is 18.1 Å². The lowest BCUT2D eigenvalue weighted by Gasteiger charge is -1.86. The molecule has 0 saturated heterocycles. The highest BCUT2D eigenvalue weighted by molar-refractivity contribution is 7.11. The van der Waals surface area contributed by atoms with Gasteiger partial charge in [0.05, 0.1) is 0 Å². The Balaban J connectivity index is 2.17. The molecular weight excluding hydrogens is 206 g/mol. The van der Waals surface area contributed by atoms with Crippen LogP contribution in [0, 0.1) is 11.8 Å². The summed E-state index contributed by atoms with van der Waals surface area (Å²) in [5.41, 5.74) is 0.836. The van der Waals surface area contributed by atoms with Gasteiger partial charge in [-0.3, -0.25) is 4.79 Å². The molecule has 0 N–H and O–H groups in total. The molecule has 1 aromatic heterocycles. The van der Waals surface area contributed by atoms with Gasteiger partial charge in [0.15, 0.2) is 5.01 Å². The number of Topliss-reactive ketones (excluding diaryl/α,β-unsaturated/α-hetero) is 1. The van der Waals surface area contributed by atoms with Gasteiger partial charge < -0.3 is 0 Å². The van der Waals surface area contributed by atoms with Crippen LogP contribution in [0.2, 0.25) is 0 Å². The summed E-state index contributed by atoms with van der Waals surface area (Å²) in [6.07, 6.45) is 1.60. The Morgan fingerprint density at radius 2 is 2.07 bits per heavy atom. The molecule has 0 unspecified atom stereocenters. The van der Waals surface area contributed by atoms with Crippen molar-refractivity contribution < 1.29 is 4.79 Å². The van der Waals surface area contributed by atoms with Crippen LogP contribution in [0.1, 0.15) is 15.4 Å². The minimum Gasteiger partial charge on any atom is -0.276 e. The summed E-state index contributed by atoms with van der Waals surface area (Å²) >= 11 is 1.30. The Hall–Kier alpha value is -1.92. The molecule has 0 radical (unpaired) electrons. The normalized spacial score (nSPS) is 9.07. The topological polar surface area (TPSA) is 30.0 Å². The average Bonchev–Trinajstić information content (AvgIpc) is 2.81. The zero-order valence-electron chi connectivity index (χ0n) is 7.81. The van der Waals surface area contributed by atoms with Crippen LogP contribution < -0.4 is 0 Å². The van der Waals surface area contributed by atoms with E-state index < -0.39 is 0 Å². The molecule has 0 atom stereocenters. The Bertz CT molecular complexity index is 506. The molecule has 3 heteroatoms. The second-order valence-electron chi connectivity index (χ2n) is 2.78. The first-order valence-electron chi connectivity index (χ1n) is 4.37. The highest BCUT2D eigenvalue weighted by Gasteiger charge is 2.03. The fourth-order valence-corrected chi connectivity index (χ4v) is 1.57. The van der Waals surface area contributed by atoms with Gasteiger partial charge in [0.25, 0.3) is 5.78 Å². The number of rotatable bonds is 1. The van der Waals surface area contributed by atoms with E-state index in [4.69, 9.17) is 0 Å². The number of ketones is 1. The van der Waals surface area contributed by atoms with E-state index >= 15 is 0 Å². The van der Waals surface area contributed by atoms with E-state index in [1.165, 1.54) is 11.3 Å². The SMILES string of the molecule is O=C(C#Cc1ccccc1)c1nccs1. The van der Waals surface area contributed by atoms with Crippen molar-refractivity contribution in [3.63, 3.8) is 0 Å². The molecular formula is C12H7NOS. The first-order chi connectivity index (χ1) is 7.36. The minimum atomic E-state index is -0.228. The monoisotopic (exact) mass is 213 g/mol. The highest BCUT2D eigenvalue weighted by atomic mass is 32.1. The van der Waals surface area contributed by atoms with Crippen molar-refractivity contribution in [2.45, 2.75) is 0 Å². The first-order valence-corrected chi connectivity index (χ1v) is 5.25. The molecule has 15 heavy (non-hydrogen) atoms. The van der Waals surface area contributed by atoms with Crippen molar-refractivity contribution in [1.82, 2.24) is 4.98 Å². The van der Waals surface area contributed by atoms with E-state index in [9.17, 15) is 4.79 Å². The van der Waals surface area contributed by atoms with Gasteiger partial charge in [-0.25, -0.2) is 4.98 Å². The molecule has 0 saturated carbocycles. The fourth-order valence-electron chi connectivity index (χ4n) is 1.04. The number of carbonyl (C=O) groups is 1. The van der Waals surface area contributed by atoms with Crippen LogP contribution in [0.25, 0.3) is 0 Å². The van der Waals surface area contributed by atoms with Crippen LogP contribution in [0.5, 0.6) is 0 Å². The van der Waals surface area contributed by atoms with E-state index in [2.05, 4.69) is 16.8 Å². The summed E-state index contributed by atoms with van der Waals surface area (Å²) < 4.78 is 0. The van der Waals surface area contributed by atoms with Crippen LogP contribution in [0.4, 0.5) is 0 Å². The molecule has 0 aliphatic heterocycles. The van der Waals surface area contributed by atoms with Crippen LogP contribution in [0.3, 0.4) is 0 Å². The summed E-state index contributed by atoms with van der Waals surface area (Å²) in [4.78, 5) is 15.3. The maximum absolute atomic E-state index is 11.5. The van der Waals surface area contributed by atoms with Crippen LogP contribution in [-0.4, -0.2) is 10.8 Å². The van der Waals surface area contributed by atoms with Gasteiger partial charge in [0.1, 0.15) is 0 Å². The summed E-state index contributed by atoms with van der Waals surface area (Å²) in [6, 6.07) is 9.41. The Morgan fingerprint density at radius 3 is 2.73 bits per heavy atom. The minimum absolute atomic E-state index is 0.228. The third kappa shape index (κ3) is 2.52. The maximum Gasteiger partial charge on any atom is 0.264 e. The Labute approximate surface area is 91.6 Å². The van der Waals surface area contributed by atoms with Crippen molar-refractivity contribution >= 4 is 17.1 Å². The van der Waals surface area contributed by atoms with E-state index in [1.807, 2.05) is 30.3 Å². The summed E-state index contributed by atoms with van der Waals surface area (Å²) in [6.45, 7) is 0. The summed E-state index contributed by atoms with van der Waals surface area (Å²) in [7, 11) is 0. The number of hydrogen-bond acceptors (Lipinski definition) is 3. The predicted octanol–water partition coefficient (Wildman–Crippen LogP) is 2.38. The maximum atomic E-state index is 11.5. The van der Waals surface area contributed by atoms with Crippen LogP contribution in [-0.2, 0) is 0 Å². The third-order valence-corrected chi connectivity index (χ3v) is 2.49. The number of nitrogens with zero attached hydrogens (tertiary/aromatic N) is 1. The van der Waals surface area contributed by atoms with Gasteiger partial charge in [0, 0.05) is 17.1 Å². The van der Waals surface area contributed by atoms with Crippen molar-refractivity contribution in [3.05, 3.63) is 52.5 Å². The van der Waals surface area contributed by atoms with Crippen molar-refractivity contribution in [1.29, 1.82) is 0 Å². The average molecular weight is 213 g/mol. The van der Waals surface area contributed by atoms with Gasteiger partial charge in [-0.2, -0.15) is 0 Å². The number of hydrogen-bond donors (Lipinski definition) is 0. The summed E-state index contributed by atoms with van der Waals surface area (Å²) in [5.74, 6) is 5.13. The van der Waals surface area contributed by atoms with E-state index in [-0.39, 0.29) is 5.78 Å². The molecule has 0 aliphatic carbocycles. The molecule has 0 bridgehead atoms. The van der Waals surface area contributed by atoms with Gasteiger partial charge in [-0.1, -0.05) is 24.1 Å². The molecule has 0 amide bonds. The second-order valence-corrected chi connectivity index (χ2v) is 3.68. The van der Waals surface area contributed by atoms with E-state index in [1.54, 1.807) is 11.6 Å². The fraction of sp³-hybridized carbons (Fsp3) is 0. The van der Waals surface area contributed by atoms with Gasteiger partial charge >= 0.3 is 0 Å². The van der Waals surface area contributed by atoms with Crippen molar-refractivity contribution in [2.24, 2.45) is 0 Å². The zero-order valence-corrected chi connectivity index (χ0v) is 8.62. The molecule has 1 heterocycles. The standard InChI is InChI=1S/C12H7NOS/c14-11(12-13-8-9-15-12)7-6-10-4-2-1-3-5-10/h1-5,8-9H. The molecule has 0 fully saturated rings. The smallest absolute Gasteiger partial charge is 0.264 e. The largest absolute Gasteiger partial charge is 0.276 e. The number of carbonyl (C=O) groups excluding carboxylic acids is 1. The van der Waals surface area contributed by atoms with Gasteiger partial charge in [-0.15, -0.1) is 11.3 Å². The number of thiazole rings is 1. The third-order valence-electron chi connectivity index (χ3n) is 1.72.